The van der Waals surface area contributed by atoms with Crippen molar-refractivity contribution in [1.82, 2.24) is 10.4 Å². The van der Waals surface area contributed by atoms with Crippen LogP contribution in [0.15, 0.2) is 0 Å². The Bertz CT molecular complexity index is 74.2. The van der Waals surface area contributed by atoms with Gasteiger partial charge >= 0.3 is 0 Å². The van der Waals surface area contributed by atoms with Gasteiger partial charge in [-0.3, -0.25) is 16.3 Å². The summed E-state index contributed by atoms with van der Waals surface area (Å²) in [6.45, 7) is 0. The van der Waals surface area contributed by atoms with Crippen LogP contribution in [0.5, 0.6) is 0 Å². The fourth-order valence-electron chi connectivity index (χ4n) is 0. The summed E-state index contributed by atoms with van der Waals surface area (Å²) in [6.07, 6.45) is 0. The summed E-state index contributed by atoms with van der Waals surface area (Å²) in [4.78, 5) is 0. The van der Waals surface area contributed by atoms with Gasteiger partial charge in [0.1, 0.15) is 4.32 Å². The summed E-state index contributed by atoms with van der Waals surface area (Å²) < 4.78 is 0.398. The molecule has 0 atom stereocenters. The van der Waals surface area contributed by atoms with Crippen molar-refractivity contribution in [2.24, 2.45) is 11.7 Å². The van der Waals surface area contributed by atoms with E-state index in [0.717, 1.165) is 0 Å². The molecular formula is C3H12N4S2. The van der Waals surface area contributed by atoms with Gasteiger partial charge in [0.25, 0.3) is 0 Å². The second kappa shape index (κ2) is 8.12. The van der Waals surface area contributed by atoms with Gasteiger partial charge in [0.15, 0.2) is 0 Å². The molecule has 0 saturated carbocycles. The van der Waals surface area contributed by atoms with Crippen LogP contribution in [0.2, 0.25) is 0 Å². The first-order valence-corrected chi connectivity index (χ1v) is 3.00. The lowest BCUT2D eigenvalue weighted by Gasteiger charge is -2.04. The van der Waals surface area contributed by atoms with Crippen LogP contribution in [-0.4, -0.2) is 23.4 Å². The van der Waals surface area contributed by atoms with Crippen molar-refractivity contribution in [2.45, 2.75) is 0 Å². The van der Waals surface area contributed by atoms with Crippen molar-refractivity contribution in [2.75, 3.05) is 14.1 Å². The smallest absolute Gasteiger partial charge is 0.147 e. The molecule has 6 heteroatoms. The Morgan fingerprint density at radius 3 is 1.89 bits per heavy atom. The highest BCUT2D eigenvalue weighted by molar-refractivity contribution is 8.10. The fraction of sp³-hybridized carbons (Fsp3) is 0.667. The Hall–Kier alpha value is 0.120. The van der Waals surface area contributed by atoms with Crippen LogP contribution in [0.4, 0.5) is 0 Å². The zero-order valence-electron chi connectivity index (χ0n) is 5.46. The third-order valence-corrected chi connectivity index (χ3v) is 0.905. The monoisotopic (exact) mass is 168 g/mol. The van der Waals surface area contributed by atoms with Gasteiger partial charge in [-0.1, -0.05) is 12.2 Å². The molecule has 0 aromatic heterocycles. The second-order valence-corrected chi connectivity index (χ2v) is 2.30. The number of nitrogens with one attached hydrogen (secondary N) is 1. The highest BCUT2D eigenvalue weighted by Gasteiger charge is 1.84. The highest BCUT2D eigenvalue weighted by Crippen LogP contribution is 1.81. The first-order chi connectivity index (χ1) is 4.06. The number of nitrogens with zero attached hydrogens (tertiary/aromatic N) is 1. The molecule has 0 aromatic carbocycles. The Kier molecular flexibility index (Phi) is 10.7. The highest BCUT2D eigenvalue weighted by atomic mass is 32.1. The van der Waals surface area contributed by atoms with Gasteiger partial charge in [0.05, 0.1) is 0 Å². The Balaban J connectivity index is 0. The summed E-state index contributed by atoms with van der Waals surface area (Å²) in [6, 6.07) is 0. The Morgan fingerprint density at radius 2 is 1.89 bits per heavy atom. The van der Waals surface area contributed by atoms with Crippen LogP contribution in [0.25, 0.3) is 0 Å². The van der Waals surface area contributed by atoms with Crippen molar-refractivity contribution in [1.29, 1.82) is 0 Å². The Labute approximate surface area is 65.9 Å². The summed E-state index contributed by atoms with van der Waals surface area (Å²) in [5.74, 6) is 9.65. The molecule has 0 amide bonds. The van der Waals surface area contributed by atoms with Crippen molar-refractivity contribution in [3.8, 4) is 0 Å². The van der Waals surface area contributed by atoms with Crippen molar-refractivity contribution in [3.63, 3.8) is 0 Å². The first kappa shape index (κ1) is 11.9. The van der Waals surface area contributed by atoms with Gasteiger partial charge in [-0.15, -0.1) is 12.6 Å². The number of hydrogen-bond donors (Lipinski definition) is 4. The molecule has 0 aliphatic carbocycles. The standard InChI is InChI=1S/C2H6N2S2.CH6N2/c1-4(3)2(5)6;1-3-2/h3H2,1H3,(H,5,6);3H,2H2,1H3. The minimum Gasteiger partial charge on any atom is -0.299 e. The van der Waals surface area contributed by atoms with E-state index in [1.165, 1.54) is 5.01 Å². The van der Waals surface area contributed by atoms with Crippen molar-refractivity contribution >= 4 is 29.2 Å². The van der Waals surface area contributed by atoms with E-state index in [0.29, 0.717) is 4.32 Å². The third kappa shape index (κ3) is 17.9. The van der Waals surface area contributed by atoms with Crippen LogP contribution in [0.1, 0.15) is 0 Å². The average Bonchev–Trinajstić information content (AvgIpc) is 1.68. The molecule has 0 saturated heterocycles. The van der Waals surface area contributed by atoms with Crippen LogP contribution in [0.3, 0.4) is 0 Å². The predicted octanol–water partition coefficient (Wildman–Crippen LogP) is -0.914. The van der Waals surface area contributed by atoms with Gasteiger partial charge < -0.3 is 0 Å². The van der Waals surface area contributed by atoms with Crippen LogP contribution >= 0.6 is 24.8 Å². The summed E-state index contributed by atoms with van der Waals surface area (Å²) >= 11 is 8.21. The average molecular weight is 168 g/mol. The lowest BCUT2D eigenvalue weighted by Crippen LogP contribution is -2.27. The fourth-order valence-corrected chi connectivity index (χ4v) is 0. The maximum absolute atomic E-state index is 5.05. The lowest BCUT2D eigenvalue weighted by atomic mass is 11.2. The number of rotatable bonds is 0. The SMILES string of the molecule is CN(N)C(=S)S.CNN. The summed E-state index contributed by atoms with van der Waals surface area (Å²) in [5.41, 5.74) is 2.25. The minimum absolute atomic E-state index is 0.398. The van der Waals surface area contributed by atoms with E-state index < -0.39 is 0 Å². The van der Waals surface area contributed by atoms with Crippen molar-refractivity contribution < 1.29 is 0 Å². The normalized spacial score (nSPS) is 7.22. The number of hydrogen-bond acceptors (Lipinski definition) is 4. The first-order valence-electron chi connectivity index (χ1n) is 2.15. The van der Waals surface area contributed by atoms with E-state index in [2.05, 4.69) is 36.1 Å². The number of thiocarbonyl (C=S) groups is 1. The maximum atomic E-state index is 5.05. The lowest BCUT2D eigenvalue weighted by molar-refractivity contribution is 0.560. The summed E-state index contributed by atoms with van der Waals surface area (Å²) in [7, 11) is 3.29. The molecule has 0 radical (unpaired) electrons. The van der Waals surface area contributed by atoms with E-state index in [1.54, 1.807) is 14.1 Å². The zero-order chi connectivity index (χ0) is 7.86. The van der Waals surface area contributed by atoms with E-state index in [4.69, 9.17) is 5.84 Å². The molecule has 9 heavy (non-hydrogen) atoms. The molecule has 0 bridgehead atoms. The molecule has 5 N–H and O–H groups in total. The molecular weight excluding hydrogens is 156 g/mol. The third-order valence-electron chi connectivity index (χ3n) is 0.302. The molecule has 4 nitrogen and oxygen atoms in total. The topological polar surface area (TPSA) is 67.3 Å². The number of thiol groups is 1. The molecule has 56 valence electrons. The molecule has 0 unspecified atom stereocenters. The molecule has 0 heterocycles. The van der Waals surface area contributed by atoms with Crippen molar-refractivity contribution in [3.05, 3.63) is 0 Å². The van der Waals surface area contributed by atoms with Crippen LogP contribution in [0, 0.1) is 0 Å². The van der Waals surface area contributed by atoms with Gasteiger partial charge in [-0.05, 0) is 7.05 Å². The zero-order valence-corrected chi connectivity index (χ0v) is 7.17. The summed E-state index contributed by atoms with van der Waals surface area (Å²) in [5, 5.41) is 1.26. The van der Waals surface area contributed by atoms with Crippen LogP contribution < -0.4 is 17.1 Å². The number of nitrogens with two attached hydrogens (primary N) is 2. The largest absolute Gasteiger partial charge is 0.299 e. The van der Waals surface area contributed by atoms with E-state index in [9.17, 15) is 0 Å². The molecule has 0 fully saturated rings. The molecule has 0 aromatic rings. The van der Waals surface area contributed by atoms with E-state index in [-0.39, 0.29) is 0 Å². The van der Waals surface area contributed by atoms with Gasteiger partial charge in [0, 0.05) is 7.05 Å². The van der Waals surface area contributed by atoms with E-state index in [1.807, 2.05) is 0 Å². The second-order valence-electron chi connectivity index (χ2n) is 1.18. The maximum Gasteiger partial charge on any atom is 0.147 e. The predicted molar refractivity (Wildman–Crippen MR) is 46.8 cm³/mol. The molecule has 0 aliphatic rings. The molecule has 0 aliphatic heterocycles. The quantitative estimate of drug-likeness (QED) is 0.163. The molecule has 0 spiro atoms. The van der Waals surface area contributed by atoms with Crippen LogP contribution in [-0.2, 0) is 0 Å². The van der Waals surface area contributed by atoms with Gasteiger partial charge in [0.2, 0.25) is 0 Å². The van der Waals surface area contributed by atoms with E-state index >= 15 is 0 Å². The van der Waals surface area contributed by atoms with Gasteiger partial charge in [-0.2, -0.15) is 0 Å². The molecule has 0 rings (SSSR count). The number of hydrazine groups is 2. The minimum atomic E-state index is 0.398. The van der Waals surface area contributed by atoms with Gasteiger partial charge in [-0.25, -0.2) is 5.84 Å². The Morgan fingerprint density at radius 1 is 1.78 bits per heavy atom.